The maximum absolute atomic E-state index is 12.3. The highest BCUT2D eigenvalue weighted by molar-refractivity contribution is 6.29. The van der Waals surface area contributed by atoms with E-state index in [2.05, 4.69) is 15.6 Å². The van der Waals surface area contributed by atoms with Crippen LogP contribution in [0.5, 0.6) is 5.75 Å². The summed E-state index contributed by atoms with van der Waals surface area (Å²) in [5.74, 6) is -0.997. The van der Waals surface area contributed by atoms with E-state index in [4.69, 9.17) is 21.4 Å². The Kier molecular flexibility index (Phi) is 7.83. The van der Waals surface area contributed by atoms with Crippen LogP contribution in [-0.2, 0) is 4.79 Å². The van der Waals surface area contributed by atoms with Gasteiger partial charge in [0.15, 0.2) is 0 Å². The Balaban J connectivity index is 1.39. The summed E-state index contributed by atoms with van der Waals surface area (Å²) in [6, 6.07) is 11.6. The molecule has 2 amide bonds. The number of pyridine rings is 1. The number of halogens is 1. The molecule has 1 heterocycles. The number of nitrogens with one attached hydrogen (secondary N) is 2. The van der Waals surface area contributed by atoms with Gasteiger partial charge in [-0.05, 0) is 62.1 Å². The lowest BCUT2D eigenvalue weighted by molar-refractivity contribution is -0.143. The van der Waals surface area contributed by atoms with Crippen LogP contribution in [0.1, 0.15) is 46.5 Å². The van der Waals surface area contributed by atoms with Crippen molar-refractivity contribution in [3.8, 4) is 5.75 Å². The van der Waals surface area contributed by atoms with Crippen LogP contribution in [0.2, 0.25) is 5.15 Å². The lowest BCUT2D eigenvalue weighted by Crippen LogP contribution is -2.35. The molecule has 0 bridgehead atoms. The molecule has 0 unspecified atom stereocenters. The molecule has 1 aliphatic rings. The molecule has 8 nitrogen and oxygen atoms in total. The second kappa shape index (κ2) is 10.8. The molecule has 0 radical (unpaired) electrons. The van der Waals surface area contributed by atoms with Crippen LogP contribution < -0.4 is 15.4 Å². The average molecular weight is 446 g/mol. The van der Waals surface area contributed by atoms with Crippen LogP contribution in [0, 0.1) is 5.92 Å². The zero-order valence-corrected chi connectivity index (χ0v) is 17.6. The summed E-state index contributed by atoms with van der Waals surface area (Å²) in [6.07, 6.45) is 2.63. The molecule has 1 aromatic carbocycles. The Morgan fingerprint density at radius 1 is 0.968 bits per heavy atom. The minimum atomic E-state index is -0.741. The van der Waals surface area contributed by atoms with Crippen molar-refractivity contribution in [1.82, 2.24) is 15.6 Å². The number of hydrogen-bond donors (Lipinski definition) is 3. The van der Waals surface area contributed by atoms with Gasteiger partial charge in [0.05, 0.1) is 12.0 Å². The minimum absolute atomic E-state index is 0.00660. The van der Waals surface area contributed by atoms with Crippen molar-refractivity contribution in [2.75, 3.05) is 13.1 Å². The fourth-order valence-corrected chi connectivity index (χ4v) is 3.55. The number of rotatable bonds is 8. The summed E-state index contributed by atoms with van der Waals surface area (Å²) in [7, 11) is 0. The normalized spacial score (nSPS) is 18.1. The first-order valence-corrected chi connectivity index (χ1v) is 10.5. The van der Waals surface area contributed by atoms with Crippen molar-refractivity contribution in [3.05, 3.63) is 58.9 Å². The Hall–Kier alpha value is -3.13. The Morgan fingerprint density at radius 2 is 1.61 bits per heavy atom. The van der Waals surface area contributed by atoms with Crippen LogP contribution in [0.3, 0.4) is 0 Å². The predicted octanol–water partition coefficient (Wildman–Crippen LogP) is 2.92. The molecule has 1 saturated carbocycles. The van der Waals surface area contributed by atoms with Gasteiger partial charge in [-0.25, -0.2) is 4.98 Å². The van der Waals surface area contributed by atoms with Gasteiger partial charge in [-0.2, -0.15) is 0 Å². The lowest BCUT2D eigenvalue weighted by Gasteiger charge is -2.26. The quantitative estimate of drug-likeness (QED) is 0.424. The van der Waals surface area contributed by atoms with E-state index in [1.165, 1.54) is 0 Å². The zero-order chi connectivity index (χ0) is 22.2. The van der Waals surface area contributed by atoms with Gasteiger partial charge in [-0.1, -0.05) is 17.7 Å². The van der Waals surface area contributed by atoms with E-state index in [0.29, 0.717) is 37.0 Å². The molecular formula is C22H24ClN3O5. The van der Waals surface area contributed by atoms with Crippen molar-refractivity contribution in [3.63, 3.8) is 0 Å². The van der Waals surface area contributed by atoms with Crippen LogP contribution in [0.4, 0.5) is 0 Å². The molecule has 1 aliphatic carbocycles. The Morgan fingerprint density at radius 3 is 2.23 bits per heavy atom. The SMILES string of the molecule is O=C(NCCNC(=O)c1cccc(Cl)n1)c1ccc(O[C@H]2CC[C@@H](C(=O)O)CC2)cc1. The number of carbonyl (C=O) groups excluding carboxylic acids is 2. The number of benzene rings is 1. The molecule has 0 atom stereocenters. The van der Waals surface area contributed by atoms with Gasteiger partial charge in [-0.15, -0.1) is 0 Å². The van der Waals surface area contributed by atoms with E-state index in [1.807, 2.05) is 0 Å². The van der Waals surface area contributed by atoms with E-state index in [0.717, 1.165) is 0 Å². The molecule has 3 N–H and O–H groups in total. The van der Waals surface area contributed by atoms with Crippen LogP contribution >= 0.6 is 11.6 Å². The van der Waals surface area contributed by atoms with Crippen molar-refractivity contribution in [2.45, 2.75) is 31.8 Å². The van der Waals surface area contributed by atoms with Crippen molar-refractivity contribution < 1.29 is 24.2 Å². The third-order valence-electron chi connectivity index (χ3n) is 5.09. The summed E-state index contributed by atoms with van der Waals surface area (Å²) >= 11 is 5.76. The van der Waals surface area contributed by atoms with Crippen LogP contribution in [0.15, 0.2) is 42.5 Å². The van der Waals surface area contributed by atoms with Gasteiger partial charge in [-0.3, -0.25) is 14.4 Å². The fraction of sp³-hybridized carbons (Fsp3) is 0.364. The highest BCUT2D eigenvalue weighted by Gasteiger charge is 2.26. The van der Waals surface area contributed by atoms with E-state index in [1.54, 1.807) is 42.5 Å². The molecule has 164 valence electrons. The molecule has 1 aromatic heterocycles. The predicted molar refractivity (Wildman–Crippen MR) is 114 cm³/mol. The maximum Gasteiger partial charge on any atom is 0.306 e. The lowest BCUT2D eigenvalue weighted by atomic mass is 9.87. The third-order valence-corrected chi connectivity index (χ3v) is 5.30. The summed E-state index contributed by atoms with van der Waals surface area (Å²) in [5, 5.41) is 14.7. The smallest absolute Gasteiger partial charge is 0.306 e. The number of carboxylic acids is 1. The van der Waals surface area contributed by atoms with E-state index in [-0.39, 0.29) is 47.8 Å². The summed E-state index contributed by atoms with van der Waals surface area (Å²) in [6.45, 7) is 0.509. The second-order valence-corrected chi connectivity index (χ2v) is 7.70. The number of amides is 2. The molecule has 0 saturated heterocycles. The molecule has 3 rings (SSSR count). The first kappa shape index (κ1) is 22.6. The fourth-order valence-electron chi connectivity index (χ4n) is 3.38. The highest BCUT2D eigenvalue weighted by Crippen LogP contribution is 2.28. The third kappa shape index (κ3) is 6.68. The topological polar surface area (TPSA) is 118 Å². The number of ether oxygens (including phenoxy) is 1. The first-order valence-electron chi connectivity index (χ1n) is 10.1. The standard InChI is InChI=1S/C22H24ClN3O5/c23-19-3-1-2-18(26-19)21(28)25-13-12-24-20(27)14-4-8-16(9-5-14)31-17-10-6-15(7-11-17)22(29)30/h1-5,8-9,15,17H,6-7,10-13H2,(H,24,27)(H,25,28)(H,29,30)/t15-,17+. The van der Waals surface area contributed by atoms with E-state index in [9.17, 15) is 14.4 Å². The highest BCUT2D eigenvalue weighted by atomic mass is 35.5. The van der Waals surface area contributed by atoms with Gasteiger partial charge in [0.25, 0.3) is 11.8 Å². The van der Waals surface area contributed by atoms with Gasteiger partial charge >= 0.3 is 5.97 Å². The molecule has 1 fully saturated rings. The Bertz CT molecular complexity index is 927. The van der Waals surface area contributed by atoms with Gasteiger partial charge in [0.1, 0.15) is 16.6 Å². The Labute approximate surface area is 185 Å². The number of nitrogens with zero attached hydrogens (tertiary/aromatic N) is 1. The largest absolute Gasteiger partial charge is 0.490 e. The molecule has 0 spiro atoms. The average Bonchev–Trinajstić information content (AvgIpc) is 2.77. The van der Waals surface area contributed by atoms with Crippen molar-refractivity contribution in [2.24, 2.45) is 5.92 Å². The summed E-state index contributed by atoms with van der Waals surface area (Å²) in [5.41, 5.74) is 0.690. The van der Waals surface area contributed by atoms with Crippen LogP contribution in [0.25, 0.3) is 0 Å². The number of hydrogen-bond acceptors (Lipinski definition) is 5. The molecule has 0 aliphatic heterocycles. The number of carbonyl (C=O) groups is 3. The van der Waals surface area contributed by atoms with Crippen molar-refractivity contribution in [1.29, 1.82) is 0 Å². The number of aliphatic carboxylic acids is 1. The van der Waals surface area contributed by atoms with Crippen LogP contribution in [-0.4, -0.2) is 47.1 Å². The monoisotopic (exact) mass is 445 g/mol. The first-order chi connectivity index (χ1) is 14.9. The van der Waals surface area contributed by atoms with E-state index >= 15 is 0 Å². The maximum atomic E-state index is 12.3. The molecule has 9 heteroatoms. The zero-order valence-electron chi connectivity index (χ0n) is 16.8. The van der Waals surface area contributed by atoms with Gasteiger partial charge in [0, 0.05) is 18.7 Å². The van der Waals surface area contributed by atoms with E-state index < -0.39 is 5.97 Å². The number of aromatic nitrogens is 1. The van der Waals surface area contributed by atoms with Gasteiger partial charge in [0.2, 0.25) is 0 Å². The number of carboxylic acid groups (broad SMARTS) is 1. The molecular weight excluding hydrogens is 422 g/mol. The van der Waals surface area contributed by atoms with Gasteiger partial charge < -0.3 is 20.5 Å². The van der Waals surface area contributed by atoms with Crippen molar-refractivity contribution >= 4 is 29.4 Å². The minimum Gasteiger partial charge on any atom is -0.490 e. The molecule has 2 aromatic rings. The molecule has 31 heavy (non-hydrogen) atoms. The second-order valence-electron chi connectivity index (χ2n) is 7.31. The summed E-state index contributed by atoms with van der Waals surface area (Å²) in [4.78, 5) is 39.2. The summed E-state index contributed by atoms with van der Waals surface area (Å²) < 4.78 is 5.91.